The van der Waals surface area contributed by atoms with E-state index in [1.165, 1.54) is 0 Å². The van der Waals surface area contributed by atoms with Crippen molar-refractivity contribution in [3.05, 3.63) is 82.8 Å². The third-order valence-electron chi connectivity index (χ3n) is 11.1. The molecule has 10 nitrogen and oxygen atoms in total. The lowest BCUT2D eigenvalue weighted by atomic mass is 9.94. The fraction of sp³-hybridized carbons (Fsp3) is 0.333. The van der Waals surface area contributed by atoms with Gasteiger partial charge in [-0.05, 0) is 61.1 Å². The predicted molar refractivity (Wildman–Crippen MR) is 209 cm³/mol. The molecule has 4 aliphatic rings. The lowest BCUT2D eigenvalue weighted by Crippen LogP contribution is -2.51. The lowest BCUT2D eigenvalue weighted by Gasteiger charge is -2.40. The molecular formula is C42H40Cl2N4O6. The molecule has 0 radical (unpaired) electrons. The molecule has 0 unspecified atom stereocenters. The molecule has 4 aliphatic heterocycles. The fourth-order valence-corrected chi connectivity index (χ4v) is 8.96. The van der Waals surface area contributed by atoms with Crippen molar-refractivity contribution in [2.24, 2.45) is 0 Å². The zero-order valence-corrected chi connectivity index (χ0v) is 31.7. The van der Waals surface area contributed by atoms with E-state index in [0.717, 1.165) is 44.8 Å². The summed E-state index contributed by atoms with van der Waals surface area (Å²) in [5.74, 6) is 1.15. The van der Waals surface area contributed by atoms with Crippen molar-refractivity contribution < 1.29 is 28.7 Å². The highest BCUT2D eigenvalue weighted by Crippen LogP contribution is 2.46. The molecule has 0 bridgehead atoms. The number of halogens is 2. The van der Waals surface area contributed by atoms with Crippen LogP contribution in [-0.4, -0.2) is 84.9 Å². The van der Waals surface area contributed by atoms with Crippen LogP contribution in [0.15, 0.2) is 72.8 Å². The molecule has 0 atom stereocenters. The summed E-state index contributed by atoms with van der Waals surface area (Å²) >= 11 is 14.4. The number of rotatable bonds is 5. The van der Waals surface area contributed by atoms with Crippen LogP contribution in [0.1, 0.15) is 39.5 Å². The molecule has 0 spiro atoms. The highest BCUT2D eigenvalue weighted by Gasteiger charge is 2.36. The van der Waals surface area contributed by atoms with Gasteiger partial charge in [0.1, 0.15) is 11.5 Å². The van der Waals surface area contributed by atoms with Gasteiger partial charge < -0.3 is 29.1 Å². The van der Waals surface area contributed by atoms with Crippen LogP contribution in [0, 0.1) is 0 Å². The summed E-state index contributed by atoms with van der Waals surface area (Å²) in [5.41, 5.74) is 6.23. The van der Waals surface area contributed by atoms with Gasteiger partial charge in [0.25, 0.3) is 11.8 Å². The van der Waals surface area contributed by atoms with Crippen LogP contribution in [0.25, 0.3) is 33.4 Å². The van der Waals surface area contributed by atoms with Crippen molar-refractivity contribution in [2.75, 3.05) is 49.2 Å². The van der Waals surface area contributed by atoms with Crippen LogP contribution < -0.4 is 19.3 Å². The molecule has 12 heteroatoms. The van der Waals surface area contributed by atoms with E-state index in [-0.39, 0.29) is 48.9 Å². The summed E-state index contributed by atoms with van der Waals surface area (Å²) < 4.78 is 11.9. The molecule has 278 valence electrons. The number of nitrogens with zero attached hydrogens (tertiary/aromatic N) is 4. The molecule has 54 heavy (non-hydrogen) atoms. The SMILES string of the molecule is CC(=O)N1CCC(N2C(=O)COc3cc(-c4cccc(-c5cccc(-c6ccc7c(c6)OCC(=O)N7C6CCN(C(C)=O)CC6)c5Cl)c4Cl)ccc32)CC1. The van der Waals surface area contributed by atoms with Crippen LogP contribution in [-0.2, 0) is 19.2 Å². The van der Waals surface area contributed by atoms with Crippen molar-refractivity contribution in [3.63, 3.8) is 0 Å². The van der Waals surface area contributed by atoms with Crippen LogP contribution in [0.2, 0.25) is 10.0 Å². The molecule has 4 heterocycles. The van der Waals surface area contributed by atoms with Gasteiger partial charge in [-0.3, -0.25) is 19.2 Å². The van der Waals surface area contributed by atoms with Gasteiger partial charge in [0, 0.05) is 74.4 Å². The van der Waals surface area contributed by atoms with E-state index in [1.807, 2.05) is 92.4 Å². The maximum absolute atomic E-state index is 13.1. The minimum absolute atomic E-state index is 0.0111. The number of fused-ring (bicyclic) bond motifs is 2. The lowest BCUT2D eigenvalue weighted by molar-refractivity contribution is -0.131. The molecule has 4 aromatic carbocycles. The topological polar surface area (TPSA) is 99.7 Å². The summed E-state index contributed by atoms with van der Waals surface area (Å²) in [6.45, 7) is 5.52. The third kappa shape index (κ3) is 6.55. The number of carbonyl (C=O) groups is 4. The van der Waals surface area contributed by atoms with E-state index in [9.17, 15) is 19.2 Å². The summed E-state index contributed by atoms with van der Waals surface area (Å²) in [6, 6.07) is 23.2. The maximum Gasteiger partial charge on any atom is 0.265 e. The zero-order valence-electron chi connectivity index (χ0n) is 30.1. The van der Waals surface area contributed by atoms with E-state index in [1.54, 1.807) is 13.8 Å². The number of ether oxygens (including phenoxy) is 2. The van der Waals surface area contributed by atoms with E-state index < -0.39 is 0 Å². The Balaban J connectivity index is 1.06. The van der Waals surface area contributed by atoms with Crippen molar-refractivity contribution in [1.82, 2.24) is 9.80 Å². The largest absolute Gasteiger partial charge is 0.482 e. The zero-order chi connectivity index (χ0) is 37.7. The molecular weight excluding hydrogens is 727 g/mol. The standard InChI is InChI=1S/C42H40Cl2N4O6/c1-25(49)45-17-13-29(14-18-45)47-35-11-9-27(21-37(35)53-23-39(47)51)31-5-3-7-33(41(31)43)34-8-4-6-32(42(34)44)28-10-12-36-38(22-28)54-24-40(52)48(36)30-15-19-46(20-16-30)26(2)50/h3-12,21-22,29-30H,13-20,23-24H2,1-2H3. The summed E-state index contributed by atoms with van der Waals surface area (Å²) in [7, 11) is 0. The molecule has 0 saturated carbocycles. The van der Waals surface area contributed by atoms with Gasteiger partial charge in [0.05, 0.1) is 21.4 Å². The smallest absolute Gasteiger partial charge is 0.265 e. The second kappa shape index (κ2) is 14.6. The first kappa shape index (κ1) is 35.9. The highest BCUT2D eigenvalue weighted by atomic mass is 35.5. The maximum atomic E-state index is 13.1. The first-order chi connectivity index (χ1) is 26.1. The van der Waals surface area contributed by atoms with Gasteiger partial charge in [0.15, 0.2) is 13.2 Å². The summed E-state index contributed by atoms with van der Waals surface area (Å²) in [6.07, 6.45) is 2.83. The number of carbonyl (C=O) groups excluding carboxylic acids is 4. The summed E-state index contributed by atoms with van der Waals surface area (Å²) in [5, 5.41) is 1.05. The Bertz CT molecular complexity index is 2020. The Kier molecular flexibility index (Phi) is 9.74. The first-order valence-corrected chi connectivity index (χ1v) is 19.1. The molecule has 2 saturated heterocycles. The molecule has 8 rings (SSSR count). The number of anilines is 2. The number of benzene rings is 4. The Hall–Kier alpha value is -5.06. The van der Waals surface area contributed by atoms with Crippen LogP contribution in [0.5, 0.6) is 11.5 Å². The van der Waals surface area contributed by atoms with Crippen LogP contribution in [0.3, 0.4) is 0 Å². The van der Waals surface area contributed by atoms with E-state index in [4.69, 9.17) is 32.7 Å². The quantitative estimate of drug-likeness (QED) is 0.209. The van der Waals surface area contributed by atoms with Gasteiger partial charge in [0.2, 0.25) is 11.8 Å². The van der Waals surface area contributed by atoms with Crippen molar-refractivity contribution in [3.8, 4) is 44.9 Å². The average molecular weight is 768 g/mol. The van der Waals surface area contributed by atoms with Gasteiger partial charge in [-0.15, -0.1) is 0 Å². The second-order valence-corrected chi connectivity index (χ2v) is 15.0. The Morgan fingerprint density at radius 3 is 1.31 bits per heavy atom. The number of likely N-dealkylation sites (tertiary alicyclic amines) is 2. The minimum Gasteiger partial charge on any atom is -0.482 e. The van der Waals surface area contributed by atoms with Crippen molar-refractivity contribution in [1.29, 1.82) is 0 Å². The monoisotopic (exact) mass is 766 g/mol. The van der Waals surface area contributed by atoms with Gasteiger partial charge >= 0.3 is 0 Å². The van der Waals surface area contributed by atoms with E-state index in [2.05, 4.69) is 0 Å². The molecule has 4 aromatic rings. The number of amides is 4. The average Bonchev–Trinajstić information content (AvgIpc) is 3.18. The normalized spacial score (nSPS) is 17.9. The Labute approximate surface area is 324 Å². The Morgan fingerprint density at radius 1 is 0.574 bits per heavy atom. The van der Waals surface area contributed by atoms with E-state index >= 15 is 0 Å². The van der Waals surface area contributed by atoms with Crippen molar-refractivity contribution >= 4 is 58.2 Å². The number of piperidine rings is 2. The summed E-state index contributed by atoms with van der Waals surface area (Å²) in [4.78, 5) is 57.3. The molecule has 0 N–H and O–H groups in total. The van der Waals surface area contributed by atoms with Gasteiger partial charge in [-0.25, -0.2) is 0 Å². The predicted octanol–water partition coefficient (Wildman–Crippen LogP) is 7.47. The van der Waals surface area contributed by atoms with Crippen LogP contribution in [0.4, 0.5) is 11.4 Å². The second-order valence-electron chi connectivity index (χ2n) is 14.3. The number of hydrogen-bond donors (Lipinski definition) is 0. The number of hydrogen-bond acceptors (Lipinski definition) is 6. The van der Waals surface area contributed by atoms with Crippen molar-refractivity contribution in [2.45, 2.75) is 51.6 Å². The van der Waals surface area contributed by atoms with Gasteiger partial charge in [-0.1, -0.05) is 71.7 Å². The molecule has 0 aliphatic carbocycles. The van der Waals surface area contributed by atoms with E-state index in [0.29, 0.717) is 73.4 Å². The van der Waals surface area contributed by atoms with Gasteiger partial charge in [-0.2, -0.15) is 0 Å². The van der Waals surface area contributed by atoms with Crippen LogP contribution >= 0.6 is 23.2 Å². The molecule has 4 amide bonds. The fourth-order valence-electron chi connectivity index (χ4n) is 8.28. The highest BCUT2D eigenvalue weighted by molar-refractivity contribution is 6.39. The molecule has 2 fully saturated rings. The molecule has 0 aromatic heterocycles. The Morgan fingerprint density at radius 2 is 0.944 bits per heavy atom. The minimum atomic E-state index is -0.0891. The first-order valence-electron chi connectivity index (χ1n) is 18.4. The third-order valence-corrected chi connectivity index (χ3v) is 12.0.